The molecule has 0 aliphatic rings. The van der Waals surface area contributed by atoms with Crippen LogP contribution in [0.5, 0.6) is 0 Å². The van der Waals surface area contributed by atoms with Gasteiger partial charge in [0.25, 0.3) is 15.9 Å². The second-order valence-corrected chi connectivity index (χ2v) is 11.4. The monoisotopic (exact) mass is 557 g/mol. The van der Waals surface area contributed by atoms with Crippen molar-refractivity contribution in [3.05, 3.63) is 90.0 Å². The lowest BCUT2D eigenvalue weighted by Crippen LogP contribution is -2.29. The second-order valence-electron chi connectivity index (χ2n) is 8.20. The summed E-state index contributed by atoms with van der Waals surface area (Å²) in [4.78, 5) is 24.1. The molecule has 200 valence electrons. The second kappa shape index (κ2) is 12.0. The van der Waals surface area contributed by atoms with Crippen LogP contribution in [-0.2, 0) is 40.8 Å². The molecule has 0 spiro atoms. The van der Waals surface area contributed by atoms with Crippen molar-refractivity contribution >= 4 is 49.4 Å². The number of amides is 1. The maximum Gasteiger partial charge on any atom is 0.331 e. The fourth-order valence-electron chi connectivity index (χ4n) is 3.21. The van der Waals surface area contributed by atoms with Gasteiger partial charge in [-0.2, -0.15) is 0 Å². The van der Waals surface area contributed by atoms with Crippen LogP contribution >= 0.6 is 0 Å². The summed E-state index contributed by atoms with van der Waals surface area (Å²) in [5.74, 6) is -1.23. The molecule has 0 aromatic heterocycles. The number of aryl methyl sites for hydroxylation is 1. The summed E-state index contributed by atoms with van der Waals surface area (Å²) in [6, 6.07) is 18.0. The first kappa shape index (κ1) is 28.6. The minimum Gasteiger partial charge on any atom is -0.449 e. The first-order valence-corrected chi connectivity index (χ1v) is 14.4. The maximum atomic E-state index is 12.7. The van der Waals surface area contributed by atoms with Gasteiger partial charge in [0, 0.05) is 11.8 Å². The zero-order valence-corrected chi connectivity index (χ0v) is 22.3. The maximum absolute atomic E-state index is 12.7. The molecule has 0 bridgehead atoms. The van der Waals surface area contributed by atoms with E-state index in [0.29, 0.717) is 11.3 Å². The number of carbonyl (C=O) groups excluding carboxylic acids is 2. The Bertz CT molecular complexity index is 1550. The number of esters is 1. The Morgan fingerprint density at radius 2 is 1.58 bits per heavy atom. The number of ether oxygens (including phenoxy) is 1. The van der Waals surface area contributed by atoms with Gasteiger partial charge in [-0.3, -0.25) is 9.52 Å². The van der Waals surface area contributed by atoms with Crippen molar-refractivity contribution in [2.75, 3.05) is 10.0 Å². The third-order valence-corrected chi connectivity index (χ3v) is 7.62. The smallest absolute Gasteiger partial charge is 0.331 e. The summed E-state index contributed by atoms with van der Waals surface area (Å²) >= 11 is 0. The van der Waals surface area contributed by atoms with Gasteiger partial charge in [0.1, 0.15) is 0 Å². The van der Waals surface area contributed by atoms with Gasteiger partial charge in [-0.05, 0) is 73.0 Å². The van der Waals surface area contributed by atoms with Crippen LogP contribution in [0.3, 0.4) is 0 Å². The molecular formula is C26H27N3O7S2. The molecule has 4 N–H and O–H groups in total. The van der Waals surface area contributed by atoms with Crippen molar-refractivity contribution in [3.63, 3.8) is 0 Å². The normalized spacial score (nSPS) is 12.6. The van der Waals surface area contributed by atoms with Crippen molar-refractivity contribution in [2.45, 2.75) is 36.2 Å². The average molecular weight is 558 g/mol. The number of hydrogen-bond donors (Lipinski definition) is 3. The molecule has 38 heavy (non-hydrogen) atoms. The SMILES string of the molecule is CCc1ccc(NC(=O)[C@@H](C)OC(=O)/C=C/c2ccc(S(=O)(=O)Nc3cccc(S(N)(=O)=O)c3)cc2)cc1. The Hall–Kier alpha value is -4.00. The number of anilines is 2. The molecule has 0 aliphatic heterocycles. The molecule has 0 saturated heterocycles. The van der Waals surface area contributed by atoms with Crippen molar-refractivity contribution in [1.29, 1.82) is 0 Å². The first-order valence-electron chi connectivity index (χ1n) is 11.4. The van der Waals surface area contributed by atoms with Crippen LogP contribution in [0.15, 0.2) is 88.7 Å². The van der Waals surface area contributed by atoms with E-state index in [9.17, 15) is 26.4 Å². The molecule has 0 unspecified atom stereocenters. The summed E-state index contributed by atoms with van der Waals surface area (Å²) in [7, 11) is -8.02. The highest BCUT2D eigenvalue weighted by atomic mass is 32.2. The first-order chi connectivity index (χ1) is 17.9. The van der Waals surface area contributed by atoms with Gasteiger partial charge in [0.2, 0.25) is 10.0 Å². The fraction of sp³-hybridized carbons (Fsp3) is 0.154. The van der Waals surface area contributed by atoms with E-state index in [1.54, 1.807) is 12.1 Å². The molecule has 3 aromatic rings. The molecule has 0 saturated carbocycles. The number of sulfonamides is 2. The number of benzene rings is 3. The third kappa shape index (κ3) is 8.00. The largest absolute Gasteiger partial charge is 0.449 e. The number of hydrogen-bond acceptors (Lipinski definition) is 7. The predicted molar refractivity (Wildman–Crippen MR) is 144 cm³/mol. The molecule has 0 aliphatic carbocycles. The van der Waals surface area contributed by atoms with E-state index in [2.05, 4.69) is 10.0 Å². The molecule has 10 nitrogen and oxygen atoms in total. The fourth-order valence-corrected chi connectivity index (χ4v) is 4.82. The van der Waals surface area contributed by atoms with Crippen LogP contribution in [0.4, 0.5) is 11.4 Å². The van der Waals surface area contributed by atoms with Crippen LogP contribution in [0.2, 0.25) is 0 Å². The lowest BCUT2D eigenvalue weighted by Gasteiger charge is -2.12. The molecular weight excluding hydrogens is 530 g/mol. The van der Waals surface area contributed by atoms with Crippen LogP contribution in [0, 0.1) is 0 Å². The van der Waals surface area contributed by atoms with Gasteiger partial charge >= 0.3 is 5.97 Å². The Morgan fingerprint density at radius 1 is 0.921 bits per heavy atom. The highest BCUT2D eigenvalue weighted by Gasteiger charge is 2.18. The molecule has 0 radical (unpaired) electrons. The Morgan fingerprint density at radius 3 is 2.18 bits per heavy atom. The molecule has 0 heterocycles. The molecule has 1 amide bonds. The standard InChI is InChI=1S/C26H27N3O7S2/c1-3-19-7-12-21(13-8-19)28-26(31)18(2)36-25(30)16-11-20-9-14-23(15-10-20)38(34,35)29-22-5-4-6-24(17-22)37(27,32)33/h4-18,29H,3H2,1-2H3,(H,28,31)(H2,27,32,33)/b16-11+/t18-/m1/s1. The van der Waals surface area contributed by atoms with Gasteiger partial charge in [0.05, 0.1) is 15.5 Å². The summed E-state index contributed by atoms with van der Waals surface area (Å²) in [5.41, 5.74) is 2.25. The third-order valence-electron chi connectivity index (χ3n) is 5.31. The summed E-state index contributed by atoms with van der Waals surface area (Å²) in [6.45, 7) is 3.48. The van der Waals surface area contributed by atoms with Crippen molar-refractivity contribution in [3.8, 4) is 0 Å². The number of nitrogens with two attached hydrogens (primary N) is 1. The molecule has 0 fully saturated rings. The van der Waals surface area contributed by atoms with E-state index in [1.807, 2.05) is 19.1 Å². The number of carbonyl (C=O) groups is 2. The Kier molecular flexibility index (Phi) is 9.04. The van der Waals surface area contributed by atoms with Crippen molar-refractivity contribution in [1.82, 2.24) is 0 Å². The highest BCUT2D eigenvalue weighted by Crippen LogP contribution is 2.20. The minimum atomic E-state index is -4.02. The topological polar surface area (TPSA) is 162 Å². The van der Waals surface area contributed by atoms with Crippen molar-refractivity contribution in [2.24, 2.45) is 5.14 Å². The zero-order chi connectivity index (χ0) is 27.9. The van der Waals surface area contributed by atoms with Gasteiger partial charge < -0.3 is 10.1 Å². The molecule has 3 rings (SSSR count). The van der Waals surface area contributed by atoms with E-state index in [1.165, 1.54) is 55.5 Å². The van der Waals surface area contributed by atoms with Crippen molar-refractivity contribution < 1.29 is 31.2 Å². The van der Waals surface area contributed by atoms with E-state index in [-0.39, 0.29) is 15.5 Å². The van der Waals surface area contributed by atoms with Crippen LogP contribution in [-0.4, -0.2) is 34.8 Å². The van der Waals surface area contributed by atoms with Gasteiger partial charge in [-0.25, -0.2) is 26.8 Å². The minimum absolute atomic E-state index is 0.0272. The summed E-state index contributed by atoms with van der Waals surface area (Å²) in [5, 5.41) is 7.77. The summed E-state index contributed by atoms with van der Waals surface area (Å²) in [6.07, 6.45) is 2.38. The summed E-state index contributed by atoms with van der Waals surface area (Å²) < 4.78 is 55.8. The lowest BCUT2D eigenvalue weighted by molar-refractivity contribution is -0.148. The van der Waals surface area contributed by atoms with Crippen LogP contribution < -0.4 is 15.2 Å². The quantitative estimate of drug-likeness (QED) is 0.254. The van der Waals surface area contributed by atoms with Crippen LogP contribution in [0.25, 0.3) is 6.08 Å². The van der Waals surface area contributed by atoms with E-state index >= 15 is 0 Å². The average Bonchev–Trinajstić information content (AvgIpc) is 2.87. The molecule has 3 aromatic carbocycles. The highest BCUT2D eigenvalue weighted by molar-refractivity contribution is 7.92. The zero-order valence-electron chi connectivity index (χ0n) is 20.6. The van der Waals surface area contributed by atoms with E-state index in [0.717, 1.165) is 24.1 Å². The van der Waals surface area contributed by atoms with Gasteiger partial charge in [-0.15, -0.1) is 0 Å². The molecule has 1 atom stereocenters. The predicted octanol–water partition coefficient (Wildman–Crippen LogP) is 3.28. The van der Waals surface area contributed by atoms with E-state index in [4.69, 9.17) is 9.88 Å². The lowest BCUT2D eigenvalue weighted by atomic mass is 10.1. The number of nitrogens with one attached hydrogen (secondary N) is 2. The molecule has 12 heteroatoms. The Labute approximate surface area is 221 Å². The van der Waals surface area contributed by atoms with E-state index < -0.39 is 38.0 Å². The Balaban J connectivity index is 1.58. The number of rotatable bonds is 10. The number of primary sulfonamides is 1. The van der Waals surface area contributed by atoms with Crippen LogP contribution in [0.1, 0.15) is 25.0 Å². The van der Waals surface area contributed by atoms with Gasteiger partial charge in [0.15, 0.2) is 6.10 Å². The van der Waals surface area contributed by atoms with Gasteiger partial charge in [-0.1, -0.05) is 37.3 Å².